The van der Waals surface area contributed by atoms with Gasteiger partial charge in [-0.2, -0.15) is 5.26 Å². The molecule has 28 heavy (non-hydrogen) atoms. The Labute approximate surface area is 160 Å². The van der Waals surface area contributed by atoms with Gasteiger partial charge in [-0.15, -0.1) is 0 Å². The zero-order valence-electron chi connectivity index (χ0n) is 15.4. The number of nitriles is 1. The SMILES string of the molecule is COC(=O)CN1C(=O)C2(C(C#N)=C(N)OC(C)=C2C(=O)OC)c2ccccc21. The molecule has 1 spiro atoms. The lowest BCUT2D eigenvalue weighted by Crippen LogP contribution is -2.49. The van der Waals surface area contributed by atoms with Crippen LogP contribution in [0.2, 0.25) is 0 Å². The summed E-state index contributed by atoms with van der Waals surface area (Å²) in [6.07, 6.45) is 0. The van der Waals surface area contributed by atoms with Gasteiger partial charge in [0.2, 0.25) is 11.8 Å². The molecule has 0 saturated heterocycles. The van der Waals surface area contributed by atoms with Gasteiger partial charge in [0.05, 0.1) is 14.2 Å². The molecule has 1 aromatic carbocycles. The van der Waals surface area contributed by atoms with E-state index in [2.05, 4.69) is 4.74 Å². The van der Waals surface area contributed by atoms with Crippen molar-refractivity contribution in [2.45, 2.75) is 12.3 Å². The second-order valence-electron chi connectivity index (χ2n) is 6.11. The van der Waals surface area contributed by atoms with Crippen LogP contribution in [0.3, 0.4) is 0 Å². The van der Waals surface area contributed by atoms with Crippen LogP contribution in [-0.2, 0) is 34.0 Å². The van der Waals surface area contributed by atoms with Crippen LogP contribution in [0, 0.1) is 11.3 Å². The van der Waals surface area contributed by atoms with Gasteiger partial charge in [-0.05, 0) is 13.0 Å². The van der Waals surface area contributed by atoms with Gasteiger partial charge in [-0.3, -0.25) is 14.5 Å². The van der Waals surface area contributed by atoms with Gasteiger partial charge >= 0.3 is 11.9 Å². The quantitative estimate of drug-likeness (QED) is 0.751. The number of esters is 2. The highest BCUT2D eigenvalue weighted by Crippen LogP contribution is 2.53. The molecule has 1 atom stereocenters. The summed E-state index contributed by atoms with van der Waals surface area (Å²) in [7, 11) is 2.35. The fraction of sp³-hybridized carbons (Fsp3) is 0.263. The summed E-state index contributed by atoms with van der Waals surface area (Å²) >= 11 is 0. The molecule has 3 rings (SSSR count). The first-order valence-corrected chi connectivity index (χ1v) is 8.20. The fourth-order valence-electron chi connectivity index (χ4n) is 3.67. The van der Waals surface area contributed by atoms with Crippen molar-refractivity contribution in [1.29, 1.82) is 5.26 Å². The Morgan fingerprint density at radius 2 is 1.96 bits per heavy atom. The summed E-state index contributed by atoms with van der Waals surface area (Å²) in [5.41, 5.74) is 4.31. The molecule has 0 saturated carbocycles. The number of allylic oxidation sites excluding steroid dienone is 1. The summed E-state index contributed by atoms with van der Waals surface area (Å²) in [6.45, 7) is 1.05. The third kappa shape index (κ3) is 2.35. The molecule has 0 fully saturated rings. The maximum absolute atomic E-state index is 13.7. The zero-order chi connectivity index (χ0) is 20.6. The molecule has 0 radical (unpaired) electrons. The van der Waals surface area contributed by atoms with Crippen LogP contribution in [0.15, 0.2) is 47.1 Å². The van der Waals surface area contributed by atoms with Gasteiger partial charge in [0.25, 0.3) is 0 Å². The van der Waals surface area contributed by atoms with E-state index in [0.717, 1.165) is 12.0 Å². The van der Waals surface area contributed by atoms with Gasteiger partial charge in [0, 0.05) is 11.3 Å². The number of hydrogen-bond donors (Lipinski definition) is 1. The molecule has 0 aromatic heterocycles. The lowest BCUT2D eigenvalue weighted by atomic mass is 9.68. The minimum absolute atomic E-state index is 0.0337. The van der Waals surface area contributed by atoms with Gasteiger partial charge in [0.1, 0.15) is 29.5 Å². The minimum Gasteiger partial charge on any atom is -0.468 e. The topological polar surface area (TPSA) is 132 Å². The first-order valence-electron chi connectivity index (χ1n) is 8.20. The van der Waals surface area contributed by atoms with Crippen LogP contribution in [-0.4, -0.2) is 38.6 Å². The molecule has 0 bridgehead atoms. The van der Waals surface area contributed by atoms with E-state index in [0.29, 0.717) is 11.3 Å². The molecule has 2 aliphatic heterocycles. The molecule has 2 aliphatic rings. The second kappa shape index (κ2) is 6.74. The Bertz CT molecular complexity index is 1000. The summed E-state index contributed by atoms with van der Waals surface area (Å²) in [5.74, 6) is -2.47. The molecular weight excluding hydrogens is 366 g/mol. The first kappa shape index (κ1) is 19.0. The van der Waals surface area contributed by atoms with Gasteiger partial charge in [-0.25, -0.2) is 4.79 Å². The highest BCUT2D eigenvalue weighted by Gasteiger charge is 2.62. The number of nitrogens with two attached hydrogens (primary N) is 1. The average Bonchev–Trinajstić information content (AvgIpc) is 2.91. The molecular formula is C19H17N3O6. The number of para-hydroxylation sites is 1. The summed E-state index contributed by atoms with van der Waals surface area (Å²) in [6, 6.07) is 8.42. The molecule has 0 aliphatic carbocycles. The summed E-state index contributed by atoms with van der Waals surface area (Å²) in [5, 5.41) is 9.80. The molecule has 9 nitrogen and oxygen atoms in total. The highest BCUT2D eigenvalue weighted by molar-refractivity contribution is 6.19. The molecule has 1 amide bonds. The van der Waals surface area contributed by atoms with Crippen molar-refractivity contribution in [3.63, 3.8) is 0 Å². The van der Waals surface area contributed by atoms with Crippen LogP contribution < -0.4 is 10.6 Å². The summed E-state index contributed by atoms with van der Waals surface area (Å²) < 4.78 is 14.9. The van der Waals surface area contributed by atoms with E-state index in [4.69, 9.17) is 15.2 Å². The largest absolute Gasteiger partial charge is 0.468 e. The fourth-order valence-corrected chi connectivity index (χ4v) is 3.67. The first-order chi connectivity index (χ1) is 13.3. The van der Waals surface area contributed by atoms with Crippen molar-refractivity contribution in [2.75, 3.05) is 25.7 Å². The van der Waals surface area contributed by atoms with E-state index < -0.39 is 29.8 Å². The van der Waals surface area contributed by atoms with Crippen molar-refractivity contribution >= 4 is 23.5 Å². The maximum atomic E-state index is 13.7. The van der Waals surface area contributed by atoms with Crippen molar-refractivity contribution < 1.29 is 28.6 Å². The monoisotopic (exact) mass is 383 g/mol. The smallest absolute Gasteiger partial charge is 0.339 e. The van der Waals surface area contributed by atoms with Crippen LogP contribution in [0.25, 0.3) is 0 Å². The summed E-state index contributed by atoms with van der Waals surface area (Å²) in [4.78, 5) is 39.4. The third-order valence-corrected chi connectivity index (χ3v) is 4.79. The van der Waals surface area contributed by atoms with E-state index in [9.17, 15) is 19.6 Å². The molecule has 1 unspecified atom stereocenters. The molecule has 144 valence electrons. The predicted molar refractivity (Wildman–Crippen MR) is 95.1 cm³/mol. The van der Waals surface area contributed by atoms with Crippen LogP contribution in [0.5, 0.6) is 0 Å². The highest BCUT2D eigenvalue weighted by atomic mass is 16.5. The number of benzene rings is 1. The van der Waals surface area contributed by atoms with Crippen LogP contribution in [0.4, 0.5) is 5.69 Å². The maximum Gasteiger partial charge on any atom is 0.339 e. The lowest BCUT2D eigenvalue weighted by molar-refractivity contribution is -0.140. The molecule has 1 aromatic rings. The number of carbonyl (C=O) groups excluding carboxylic acids is 3. The van der Waals surface area contributed by atoms with Crippen molar-refractivity contribution in [3.05, 3.63) is 52.6 Å². The molecule has 9 heteroatoms. The Morgan fingerprint density at radius 3 is 2.57 bits per heavy atom. The number of nitrogens with zero attached hydrogens (tertiary/aromatic N) is 2. The number of rotatable bonds is 3. The average molecular weight is 383 g/mol. The Balaban J connectivity index is 2.39. The van der Waals surface area contributed by atoms with Gasteiger partial charge in [0.15, 0.2) is 5.41 Å². The molecule has 2 heterocycles. The number of hydrogen-bond acceptors (Lipinski definition) is 8. The predicted octanol–water partition coefficient (Wildman–Crippen LogP) is 0.615. The third-order valence-electron chi connectivity index (χ3n) is 4.79. The van der Waals surface area contributed by atoms with E-state index >= 15 is 0 Å². The standard InChI is InChI=1S/C19H17N3O6/c1-10-15(17(24)27-3)19(12(8-20)16(21)28-10)11-6-4-5-7-13(11)22(18(19)25)9-14(23)26-2/h4-7H,9,21H2,1-3H3. The lowest BCUT2D eigenvalue weighted by Gasteiger charge is -2.34. The van der Waals surface area contributed by atoms with E-state index in [1.807, 2.05) is 6.07 Å². The Kier molecular flexibility index (Phi) is 4.56. The number of amides is 1. The number of methoxy groups -OCH3 is 2. The van der Waals surface area contributed by atoms with Crippen LogP contribution >= 0.6 is 0 Å². The zero-order valence-corrected chi connectivity index (χ0v) is 15.4. The van der Waals surface area contributed by atoms with Crippen molar-refractivity contribution in [1.82, 2.24) is 0 Å². The normalized spacial score (nSPS) is 20.6. The van der Waals surface area contributed by atoms with E-state index in [-0.39, 0.29) is 22.8 Å². The molecule has 2 N–H and O–H groups in total. The van der Waals surface area contributed by atoms with Gasteiger partial charge < -0.3 is 19.9 Å². The Hall–Kier alpha value is -3.80. The van der Waals surface area contributed by atoms with Gasteiger partial charge in [-0.1, -0.05) is 18.2 Å². The number of ether oxygens (including phenoxy) is 3. The van der Waals surface area contributed by atoms with Crippen molar-refractivity contribution in [2.24, 2.45) is 5.73 Å². The number of carbonyl (C=O) groups is 3. The number of anilines is 1. The minimum atomic E-state index is -1.88. The number of fused-ring (bicyclic) bond motifs is 2. The Morgan fingerprint density at radius 1 is 1.29 bits per heavy atom. The van der Waals surface area contributed by atoms with E-state index in [1.165, 1.54) is 14.0 Å². The van der Waals surface area contributed by atoms with E-state index in [1.54, 1.807) is 24.3 Å². The van der Waals surface area contributed by atoms with Crippen LogP contribution in [0.1, 0.15) is 12.5 Å². The van der Waals surface area contributed by atoms with Crippen molar-refractivity contribution in [3.8, 4) is 6.07 Å². The second-order valence-corrected chi connectivity index (χ2v) is 6.11.